The smallest absolute Gasteiger partial charge is 0.332 e. The molecule has 0 fully saturated rings. The summed E-state index contributed by atoms with van der Waals surface area (Å²) in [5.74, 6) is 0.366. The highest BCUT2D eigenvalue weighted by atomic mass is 16.5. The Morgan fingerprint density at radius 2 is 1.97 bits per heavy atom. The highest BCUT2D eigenvalue weighted by molar-refractivity contribution is 6.50. The van der Waals surface area contributed by atoms with Gasteiger partial charge in [0.1, 0.15) is 20.2 Å². The number of aromatic nitrogens is 4. The number of esters is 1. The molecule has 0 N–H and O–H groups in total. The first-order valence-corrected chi connectivity index (χ1v) is 10.3. The molecule has 0 bridgehead atoms. The van der Waals surface area contributed by atoms with Crippen LogP contribution >= 0.6 is 0 Å². The van der Waals surface area contributed by atoms with Crippen molar-refractivity contribution in [2.45, 2.75) is 40.3 Å². The fraction of sp³-hybridized carbons (Fsp3) is 0.400. The number of ether oxygens (including phenoxy) is 2. The van der Waals surface area contributed by atoms with Gasteiger partial charge >= 0.3 is 11.7 Å². The van der Waals surface area contributed by atoms with E-state index in [9.17, 15) is 14.4 Å². The van der Waals surface area contributed by atoms with Crippen molar-refractivity contribution in [1.29, 1.82) is 0 Å². The molecule has 0 aliphatic rings. The van der Waals surface area contributed by atoms with Crippen LogP contribution in [-0.4, -0.2) is 53.5 Å². The average molecular weight is 424 g/mol. The summed E-state index contributed by atoms with van der Waals surface area (Å²) in [6.45, 7) is 5.83. The maximum Gasteiger partial charge on any atom is 0.332 e. The van der Waals surface area contributed by atoms with Gasteiger partial charge in [0.05, 0.1) is 19.4 Å². The fourth-order valence-electron chi connectivity index (χ4n) is 3.76. The highest BCUT2D eigenvalue weighted by Crippen LogP contribution is 2.12. The number of hydrogen-bond donors (Lipinski definition) is 0. The van der Waals surface area contributed by atoms with Crippen LogP contribution in [0.3, 0.4) is 0 Å². The number of carbonyl (C=O) groups excluding carboxylic acids is 1. The zero-order valence-electron chi connectivity index (χ0n) is 18.6. The number of methoxy groups -OCH3 is 1. The lowest BCUT2D eigenvalue weighted by atomic mass is 9.81. The van der Waals surface area contributed by atoms with E-state index in [2.05, 4.69) is 4.98 Å². The average Bonchev–Trinajstić information content (AvgIpc) is 3.09. The Morgan fingerprint density at radius 1 is 1.23 bits per heavy atom. The van der Waals surface area contributed by atoms with Gasteiger partial charge in [0.15, 0.2) is 11.2 Å². The third kappa shape index (κ3) is 4.30. The first kappa shape index (κ1) is 22.5. The van der Waals surface area contributed by atoms with Gasteiger partial charge in [0.2, 0.25) is 7.28 Å². The van der Waals surface area contributed by atoms with Gasteiger partial charge in [-0.25, -0.2) is 9.78 Å². The number of imidazole rings is 1. The van der Waals surface area contributed by atoms with Crippen LogP contribution in [0.2, 0.25) is 6.82 Å². The van der Waals surface area contributed by atoms with E-state index < -0.39 is 11.7 Å². The zero-order valence-corrected chi connectivity index (χ0v) is 18.6. The van der Waals surface area contributed by atoms with E-state index in [-0.39, 0.29) is 25.3 Å². The Bertz CT molecular complexity index is 1250. The van der Waals surface area contributed by atoms with E-state index in [0.29, 0.717) is 30.7 Å². The molecular formula is C20H26B2N4O5. The molecule has 162 valence electrons. The van der Waals surface area contributed by atoms with E-state index in [1.807, 2.05) is 37.4 Å². The first-order chi connectivity index (χ1) is 14.8. The lowest BCUT2D eigenvalue weighted by molar-refractivity contribution is -0.141. The van der Waals surface area contributed by atoms with Crippen LogP contribution < -0.4 is 27.2 Å². The monoisotopic (exact) mass is 424 g/mol. The molecular weight excluding hydrogens is 398 g/mol. The van der Waals surface area contributed by atoms with Crippen LogP contribution in [-0.2, 0) is 29.2 Å². The number of fused-ring (bicyclic) bond motifs is 1. The summed E-state index contributed by atoms with van der Waals surface area (Å²) in [7, 11) is 4.18. The third-order valence-electron chi connectivity index (χ3n) is 5.25. The molecule has 0 unspecified atom stereocenters. The fourth-order valence-corrected chi connectivity index (χ4v) is 3.76. The highest BCUT2D eigenvalue weighted by Gasteiger charge is 2.21. The maximum absolute atomic E-state index is 13.2. The quantitative estimate of drug-likeness (QED) is 0.318. The lowest BCUT2D eigenvalue weighted by Crippen LogP contribution is -2.41. The molecule has 0 amide bonds. The van der Waals surface area contributed by atoms with Gasteiger partial charge in [-0.15, -0.1) is 0 Å². The van der Waals surface area contributed by atoms with Gasteiger partial charge in [0, 0.05) is 20.0 Å². The van der Waals surface area contributed by atoms with E-state index in [1.54, 1.807) is 14.0 Å². The molecule has 3 rings (SSSR count). The van der Waals surface area contributed by atoms with Crippen LogP contribution in [0.5, 0.6) is 5.75 Å². The summed E-state index contributed by atoms with van der Waals surface area (Å²) in [5.41, 5.74) is 2.54. The Kier molecular flexibility index (Phi) is 6.72. The van der Waals surface area contributed by atoms with Crippen LogP contribution in [0.25, 0.3) is 11.2 Å². The molecule has 0 aliphatic heterocycles. The van der Waals surface area contributed by atoms with Gasteiger partial charge < -0.3 is 14.0 Å². The molecule has 1 aromatic carbocycles. The minimum Gasteiger partial charge on any atom is -0.497 e. The minimum atomic E-state index is -0.459. The van der Waals surface area contributed by atoms with Gasteiger partial charge in [-0.1, -0.05) is 19.0 Å². The van der Waals surface area contributed by atoms with E-state index in [1.165, 1.54) is 16.1 Å². The van der Waals surface area contributed by atoms with E-state index >= 15 is 0 Å². The zero-order chi connectivity index (χ0) is 22.7. The summed E-state index contributed by atoms with van der Waals surface area (Å²) in [6.07, 6.45) is 0. The van der Waals surface area contributed by atoms with Crippen LogP contribution in [0.4, 0.5) is 0 Å². The molecule has 0 atom stereocenters. The summed E-state index contributed by atoms with van der Waals surface area (Å²) in [6, 6.07) is 5.86. The second kappa shape index (κ2) is 9.28. The number of nitrogens with zero attached hydrogens (tertiary/aromatic N) is 4. The van der Waals surface area contributed by atoms with Crippen molar-refractivity contribution in [3.05, 3.63) is 44.6 Å². The molecule has 0 saturated heterocycles. The Balaban J connectivity index is 2.19. The minimum absolute atomic E-state index is 0.0260. The van der Waals surface area contributed by atoms with Crippen molar-refractivity contribution < 1.29 is 14.3 Å². The van der Waals surface area contributed by atoms with Crippen molar-refractivity contribution in [3.63, 3.8) is 0 Å². The maximum atomic E-state index is 13.2. The molecule has 0 aliphatic carbocycles. The molecule has 0 radical (unpaired) electrons. The largest absolute Gasteiger partial charge is 0.497 e. The summed E-state index contributed by atoms with van der Waals surface area (Å²) < 4.78 is 14.8. The normalized spacial score (nSPS) is 11.0. The molecule has 0 saturated carbocycles. The molecule has 3 aromatic rings. The number of rotatable bonds is 8. The molecule has 2 aromatic heterocycles. The number of hydrogen-bond acceptors (Lipinski definition) is 6. The van der Waals surface area contributed by atoms with Crippen LogP contribution in [0.1, 0.15) is 19.4 Å². The number of carbonyl (C=O) groups is 1. The Morgan fingerprint density at radius 3 is 2.55 bits per heavy atom. The van der Waals surface area contributed by atoms with Crippen molar-refractivity contribution in [3.8, 4) is 5.75 Å². The van der Waals surface area contributed by atoms with Crippen molar-refractivity contribution in [2.24, 2.45) is 0 Å². The van der Waals surface area contributed by atoms with Crippen molar-refractivity contribution >= 4 is 43.4 Å². The number of benzene rings is 1. The molecule has 31 heavy (non-hydrogen) atoms. The standard InChI is InChI=1S/C20H26B2N4O5/c1-5-24-18(28)16-17(25(20(24)29)8-9-31-12(2)27)23-19(22-3)26(16)11-13-6-7-15(30-4)14(21)10-13/h6-7,10,22H,5,8-9,11,21H2,1-4H3. The second-order valence-corrected chi connectivity index (χ2v) is 7.27. The van der Waals surface area contributed by atoms with Gasteiger partial charge in [-0.2, -0.15) is 0 Å². The predicted octanol–water partition coefficient (Wildman–Crippen LogP) is -1.63. The Hall–Kier alpha value is -3.23. The van der Waals surface area contributed by atoms with Crippen LogP contribution in [0, 0.1) is 0 Å². The molecule has 2 heterocycles. The SMILES string of the molecule is Bc1cc(Cn2c(BC)nc3c2c(=O)n(CC)c(=O)n3CCOC(C)=O)ccc1OC. The van der Waals surface area contributed by atoms with Crippen molar-refractivity contribution in [2.75, 3.05) is 13.7 Å². The Labute approximate surface area is 181 Å². The van der Waals surface area contributed by atoms with E-state index in [0.717, 1.165) is 16.8 Å². The molecule has 0 spiro atoms. The molecule has 11 heteroatoms. The van der Waals surface area contributed by atoms with Crippen molar-refractivity contribution in [1.82, 2.24) is 18.7 Å². The van der Waals surface area contributed by atoms with Crippen LogP contribution in [0.15, 0.2) is 27.8 Å². The second-order valence-electron chi connectivity index (χ2n) is 7.27. The van der Waals surface area contributed by atoms with E-state index in [4.69, 9.17) is 9.47 Å². The predicted molar refractivity (Wildman–Crippen MR) is 123 cm³/mol. The summed E-state index contributed by atoms with van der Waals surface area (Å²) in [5, 5.41) is 0. The van der Waals surface area contributed by atoms with Gasteiger partial charge in [-0.05, 0) is 24.0 Å². The van der Waals surface area contributed by atoms with Gasteiger partial charge in [-0.3, -0.25) is 18.7 Å². The third-order valence-corrected chi connectivity index (χ3v) is 5.25. The molecule has 9 nitrogen and oxygen atoms in total. The first-order valence-electron chi connectivity index (χ1n) is 10.3. The lowest BCUT2D eigenvalue weighted by Gasteiger charge is -2.13. The van der Waals surface area contributed by atoms with Gasteiger partial charge in [0.25, 0.3) is 5.56 Å². The summed E-state index contributed by atoms with van der Waals surface area (Å²) >= 11 is 0. The summed E-state index contributed by atoms with van der Waals surface area (Å²) in [4.78, 5) is 41.9. The topological polar surface area (TPSA) is 97.4 Å².